The number of hydrogen-bond acceptors (Lipinski definition) is 3. The van der Waals surface area contributed by atoms with E-state index in [0.717, 1.165) is 5.56 Å². The van der Waals surface area contributed by atoms with E-state index in [1.165, 1.54) is 0 Å². The van der Waals surface area contributed by atoms with Crippen molar-refractivity contribution in [2.24, 2.45) is 0 Å². The summed E-state index contributed by atoms with van der Waals surface area (Å²) in [7, 11) is 0. The van der Waals surface area contributed by atoms with E-state index in [1.807, 2.05) is 19.1 Å². The molecule has 5 heteroatoms. The van der Waals surface area contributed by atoms with Crippen LogP contribution in [0.25, 0.3) is 0 Å². The fourth-order valence-electron chi connectivity index (χ4n) is 1.97. The lowest BCUT2D eigenvalue weighted by atomic mass is 10.1. The molecule has 0 aliphatic carbocycles. The van der Waals surface area contributed by atoms with E-state index < -0.39 is 0 Å². The van der Waals surface area contributed by atoms with Crippen LogP contribution in [-0.2, 0) is 4.79 Å². The highest BCUT2D eigenvalue weighted by Gasteiger charge is 2.24. The Hall–Kier alpha value is -2.04. The number of nitrogens with one attached hydrogen (secondary N) is 2. The minimum Gasteiger partial charge on any atom is -0.398 e. The maximum atomic E-state index is 12.0. The molecule has 1 heterocycles. The van der Waals surface area contributed by atoms with Crippen LogP contribution in [0.2, 0.25) is 0 Å². The molecule has 0 saturated carbocycles. The van der Waals surface area contributed by atoms with Crippen molar-refractivity contribution < 1.29 is 9.59 Å². The van der Waals surface area contributed by atoms with Crippen molar-refractivity contribution in [3.8, 4) is 0 Å². The number of nitrogen functional groups attached to an aromatic ring is 1. The van der Waals surface area contributed by atoms with Gasteiger partial charge in [-0.3, -0.25) is 9.59 Å². The fourth-order valence-corrected chi connectivity index (χ4v) is 1.97. The van der Waals surface area contributed by atoms with Crippen molar-refractivity contribution in [3.63, 3.8) is 0 Å². The Morgan fingerprint density at radius 1 is 1.53 bits per heavy atom. The van der Waals surface area contributed by atoms with Crippen LogP contribution in [0.15, 0.2) is 18.2 Å². The lowest BCUT2D eigenvalue weighted by molar-refractivity contribution is -0.119. The topological polar surface area (TPSA) is 84.2 Å². The smallest absolute Gasteiger partial charge is 0.253 e. The van der Waals surface area contributed by atoms with E-state index in [0.29, 0.717) is 24.2 Å². The first kappa shape index (κ1) is 11.4. The third kappa shape index (κ3) is 2.38. The maximum absolute atomic E-state index is 12.0. The van der Waals surface area contributed by atoms with Gasteiger partial charge in [-0.2, -0.15) is 0 Å². The molecule has 1 aliphatic heterocycles. The van der Waals surface area contributed by atoms with Gasteiger partial charge in [0.05, 0.1) is 11.6 Å². The average Bonchev–Trinajstić information content (AvgIpc) is 2.63. The Morgan fingerprint density at radius 2 is 2.29 bits per heavy atom. The molecule has 1 aromatic rings. The zero-order chi connectivity index (χ0) is 12.4. The Bertz CT molecular complexity index is 451. The monoisotopic (exact) mass is 233 g/mol. The number of rotatable bonds is 2. The van der Waals surface area contributed by atoms with Crippen LogP contribution >= 0.6 is 0 Å². The highest BCUT2D eigenvalue weighted by molar-refractivity contribution is 6.01. The average molecular weight is 233 g/mol. The first-order valence-electron chi connectivity index (χ1n) is 5.50. The number of hydrogen-bond donors (Lipinski definition) is 3. The number of amides is 2. The van der Waals surface area contributed by atoms with Crippen LogP contribution in [0.5, 0.6) is 0 Å². The number of aryl methyl sites for hydroxylation is 1. The third-order valence-electron chi connectivity index (χ3n) is 2.84. The van der Waals surface area contributed by atoms with Crippen molar-refractivity contribution in [3.05, 3.63) is 29.3 Å². The van der Waals surface area contributed by atoms with Gasteiger partial charge in [-0.25, -0.2) is 0 Å². The molecule has 90 valence electrons. The van der Waals surface area contributed by atoms with Gasteiger partial charge in [0.1, 0.15) is 0 Å². The van der Waals surface area contributed by atoms with Crippen LogP contribution in [-0.4, -0.2) is 24.4 Å². The van der Waals surface area contributed by atoms with E-state index in [2.05, 4.69) is 10.6 Å². The molecule has 1 saturated heterocycles. The van der Waals surface area contributed by atoms with E-state index in [4.69, 9.17) is 5.73 Å². The van der Waals surface area contributed by atoms with Gasteiger partial charge in [0.2, 0.25) is 5.91 Å². The first-order valence-corrected chi connectivity index (χ1v) is 5.50. The normalized spacial score (nSPS) is 18.9. The summed E-state index contributed by atoms with van der Waals surface area (Å²) in [6.07, 6.45) is 0.331. The van der Waals surface area contributed by atoms with Gasteiger partial charge in [-0.15, -0.1) is 0 Å². The highest BCUT2D eigenvalue weighted by atomic mass is 16.2. The maximum Gasteiger partial charge on any atom is 0.253 e. The number of carbonyl (C=O) groups is 2. The van der Waals surface area contributed by atoms with Crippen molar-refractivity contribution in [2.75, 3.05) is 12.3 Å². The molecule has 0 aromatic heterocycles. The van der Waals surface area contributed by atoms with Crippen LogP contribution in [0.4, 0.5) is 5.69 Å². The molecular weight excluding hydrogens is 218 g/mol. The number of benzene rings is 1. The van der Waals surface area contributed by atoms with E-state index >= 15 is 0 Å². The minimum atomic E-state index is -0.220. The van der Waals surface area contributed by atoms with Crippen molar-refractivity contribution in [1.29, 1.82) is 0 Å². The molecule has 1 aliphatic rings. The molecule has 1 aromatic carbocycles. The molecule has 0 radical (unpaired) electrons. The summed E-state index contributed by atoms with van der Waals surface area (Å²) in [6.45, 7) is 2.32. The summed E-state index contributed by atoms with van der Waals surface area (Å²) in [5.41, 5.74) is 7.56. The highest BCUT2D eigenvalue weighted by Crippen LogP contribution is 2.16. The number of carbonyl (C=O) groups excluding carboxylic acids is 2. The SMILES string of the molecule is Cc1cccc(N)c1C(=O)NC1CNC(=O)C1. The molecule has 5 nitrogen and oxygen atoms in total. The summed E-state index contributed by atoms with van der Waals surface area (Å²) in [5.74, 6) is -0.254. The first-order chi connectivity index (χ1) is 8.08. The Labute approximate surface area is 99.4 Å². The van der Waals surface area contributed by atoms with Crippen LogP contribution in [0.1, 0.15) is 22.3 Å². The van der Waals surface area contributed by atoms with Gasteiger partial charge in [-0.1, -0.05) is 12.1 Å². The summed E-state index contributed by atoms with van der Waals surface area (Å²) in [6, 6.07) is 5.19. The second kappa shape index (κ2) is 4.45. The summed E-state index contributed by atoms with van der Waals surface area (Å²) in [4.78, 5) is 23.0. The second-order valence-electron chi connectivity index (χ2n) is 4.22. The van der Waals surface area contributed by atoms with Gasteiger partial charge in [0.25, 0.3) is 5.91 Å². The van der Waals surface area contributed by atoms with Gasteiger partial charge < -0.3 is 16.4 Å². The Kier molecular flexibility index (Phi) is 2.99. The molecule has 0 bridgehead atoms. The van der Waals surface area contributed by atoms with E-state index in [9.17, 15) is 9.59 Å². The van der Waals surface area contributed by atoms with Crippen molar-refractivity contribution >= 4 is 17.5 Å². The quantitative estimate of drug-likeness (QED) is 0.638. The van der Waals surface area contributed by atoms with Crippen LogP contribution in [0.3, 0.4) is 0 Å². The molecule has 0 spiro atoms. The van der Waals surface area contributed by atoms with Crippen LogP contribution in [0, 0.1) is 6.92 Å². The number of nitrogens with two attached hydrogens (primary N) is 1. The largest absolute Gasteiger partial charge is 0.398 e. The summed E-state index contributed by atoms with van der Waals surface area (Å²) < 4.78 is 0. The standard InChI is InChI=1S/C12H15N3O2/c1-7-3-2-4-9(13)11(7)12(17)15-8-5-10(16)14-6-8/h2-4,8H,5-6,13H2,1H3,(H,14,16)(H,15,17). The lowest BCUT2D eigenvalue weighted by Gasteiger charge is -2.13. The second-order valence-corrected chi connectivity index (χ2v) is 4.22. The summed E-state index contributed by atoms with van der Waals surface area (Å²) >= 11 is 0. The van der Waals surface area contributed by atoms with Crippen molar-refractivity contribution in [1.82, 2.24) is 10.6 Å². The molecule has 2 rings (SSSR count). The van der Waals surface area contributed by atoms with Crippen LogP contribution < -0.4 is 16.4 Å². The van der Waals surface area contributed by atoms with Gasteiger partial charge >= 0.3 is 0 Å². The van der Waals surface area contributed by atoms with Gasteiger partial charge in [0.15, 0.2) is 0 Å². The lowest BCUT2D eigenvalue weighted by Crippen LogP contribution is -2.36. The van der Waals surface area contributed by atoms with E-state index in [1.54, 1.807) is 6.07 Å². The fraction of sp³-hybridized carbons (Fsp3) is 0.333. The molecule has 1 unspecified atom stereocenters. The zero-order valence-corrected chi connectivity index (χ0v) is 9.62. The van der Waals surface area contributed by atoms with Crippen molar-refractivity contribution in [2.45, 2.75) is 19.4 Å². The molecule has 2 amide bonds. The summed E-state index contributed by atoms with van der Waals surface area (Å²) in [5, 5.41) is 5.48. The Morgan fingerprint density at radius 3 is 2.88 bits per heavy atom. The third-order valence-corrected chi connectivity index (χ3v) is 2.84. The molecular formula is C12H15N3O2. The predicted molar refractivity (Wildman–Crippen MR) is 64.5 cm³/mol. The van der Waals surface area contributed by atoms with Gasteiger partial charge in [-0.05, 0) is 18.6 Å². The number of anilines is 1. The molecule has 17 heavy (non-hydrogen) atoms. The van der Waals surface area contributed by atoms with Gasteiger partial charge in [0, 0.05) is 18.7 Å². The predicted octanol–water partition coefficient (Wildman–Crippen LogP) is 0.196. The molecule has 1 fully saturated rings. The van der Waals surface area contributed by atoms with E-state index in [-0.39, 0.29) is 17.9 Å². The Balaban J connectivity index is 2.12. The zero-order valence-electron chi connectivity index (χ0n) is 9.62. The molecule has 1 atom stereocenters. The minimum absolute atomic E-state index is 0.0342. The molecule has 4 N–H and O–H groups in total.